The molecule has 2 N–H and O–H groups in total. The van der Waals surface area contributed by atoms with E-state index in [-0.39, 0.29) is 30.9 Å². The molecule has 1 saturated heterocycles. The van der Waals surface area contributed by atoms with E-state index >= 15 is 0 Å². The third-order valence-electron chi connectivity index (χ3n) is 6.03. The van der Waals surface area contributed by atoms with Crippen LogP contribution < -0.4 is 4.74 Å². The Hall–Kier alpha value is -3.83. The van der Waals surface area contributed by atoms with Crippen molar-refractivity contribution in [3.8, 4) is 28.5 Å². The highest BCUT2D eigenvalue weighted by Gasteiger charge is 2.29. The summed E-state index contributed by atoms with van der Waals surface area (Å²) >= 11 is 0. The van der Waals surface area contributed by atoms with E-state index in [0.29, 0.717) is 52.5 Å². The summed E-state index contributed by atoms with van der Waals surface area (Å²) in [4.78, 5) is 18.7. The molecule has 5 rings (SSSR count). The largest absolute Gasteiger partial charge is 0.488 e. The molecule has 1 aliphatic rings. The molecule has 3 aromatic heterocycles. The van der Waals surface area contributed by atoms with Gasteiger partial charge >= 0.3 is 0 Å². The smallest absolute Gasteiger partial charge is 0.272 e. The maximum atomic E-state index is 14.5. The van der Waals surface area contributed by atoms with Crippen molar-refractivity contribution in [3.63, 3.8) is 0 Å². The molecule has 35 heavy (non-hydrogen) atoms. The van der Waals surface area contributed by atoms with Gasteiger partial charge in [0, 0.05) is 42.9 Å². The number of fused-ring (bicyclic) bond motifs is 1. The fourth-order valence-corrected chi connectivity index (χ4v) is 4.19. The molecule has 11 heteroatoms. The highest BCUT2D eigenvalue weighted by Crippen LogP contribution is 2.33. The van der Waals surface area contributed by atoms with E-state index in [4.69, 9.17) is 14.0 Å². The fourth-order valence-electron chi connectivity index (χ4n) is 4.19. The molecular formula is C24H24FN5O5. The number of methoxy groups -OCH3 is 1. The number of amides is 1. The summed E-state index contributed by atoms with van der Waals surface area (Å²) in [6, 6.07) is 7.75. The number of aliphatic hydroxyl groups is 1. The summed E-state index contributed by atoms with van der Waals surface area (Å²) in [5, 5.41) is 21.2. The van der Waals surface area contributed by atoms with Crippen molar-refractivity contribution >= 4 is 16.8 Å². The molecule has 4 aromatic rings. The molecular weight excluding hydrogens is 457 g/mol. The molecule has 4 heterocycles. The van der Waals surface area contributed by atoms with Gasteiger partial charge in [0.25, 0.3) is 5.91 Å². The average Bonchev–Trinajstić information content (AvgIpc) is 3.63. The molecule has 0 unspecified atom stereocenters. The molecule has 10 nitrogen and oxygen atoms in total. The van der Waals surface area contributed by atoms with Gasteiger partial charge in [-0.2, -0.15) is 5.10 Å². The number of aromatic amines is 1. The van der Waals surface area contributed by atoms with Crippen molar-refractivity contribution in [1.29, 1.82) is 0 Å². The second kappa shape index (κ2) is 9.80. The van der Waals surface area contributed by atoms with Crippen molar-refractivity contribution < 1.29 is 28.3 Å². The minimum absolute atomic E-state index is 0.0561. The van der Waals surface area contributed by atoms with Gasteiger partial charge in [-0.15, -0.1) is 0 Å². The first-order chi connectivity index (χ1) is 17.1. The number of H-pyrrole nitrogens is 1. The van der Waals surface area contributed by atoms with Crippen molar-refractivity contribution in [2.75, 3.05) is 33.5 Å². The van der Waals surface area contributed by atoms with E-state index in [2.05, 4.69) is 20.3 Å². The van der Waals surface area contributed by atoms with Crippen LogP contribution in [0.4, 0.5) is 4.39 Å². The molecule has 1 amide bonds. The Morgan fingerprint density at radius 1 is 1.31 bits per heavy atom. The SMILES string of the molecule is COCCOc1cc2[nH]nc(-c3cc(-c4ccc(C(=O)N5CCC[C@@H]5CO)nc4)no3)c2cc1F. The molecule has 1 fully saturated rings. The van der Waals surface area contributed by atoms with Crippen molar-refractivity contribution in [1.82, 2.24) is 25.2 Å². The van der Waals surface area contributed by atoms with Crippen molar-refractivity contribution in [3.05, 3.63) is 48.0 Å². The third kappa shape index (κ3) is 4.47. The molecule has 1 atom stereocenters. The Morgan fingerprint density at radius 2 is 2.20 bits per heavy atom. The second-order valence-corrected chi connectivity index (χ2v) is 8.23. The molecule has 1 aromatic carbocycles. The average molecular weight is 481 g/mol. The zero-order chi connectivity index (χ0) is 24.4. The molecule has 0 spiro atoms. The minimum atomic E-state index is -0.526. The lowest BCUT2D eigenvalue weighted by atomic mass is 10.1. The maximum absolute atomic E-state index is 14.5. The van der Waals surface area contributed by atoms with Crippen LogP contribution in [0, 0.1) is 5.82 Å². The van der Waals surface area contributed by atoms with Crippen LogP contribution in [-0.2, 0) is 4.74 Å². The summed E-state index contributed by atoms with van der Waals surface area (Å²) in [6.07, 6.45) is 3.20. The van der Waals surface area contributed by atoms with Gasteiger partial charge in [-0.1, -0.05) is 5.16 Å². The van der Waals surface area contributed by atoms with Gasteiger partial charge in [0.1, 0.15) is 23.7 Å². The van der Waals surface area contributed by atoms with Crippen molar-refractivity contribution in [2.45, 2.75) is 18.9 Å². The molecule has 0 bridgehead atoms. The lowest BCUT2D eigenvalue weighted by Crippen LogP contribution is -2.38. The number of nitrogens with zero attached hydrogens (tertiary/aromatic N) is 4. The zero-order valence-electron chi connectivity index (χ0n) is 19.0. The van der Waals surface area contributed by atoms with E-state index < -0.39 is 5.82 Å². The number of hydrogen-bond donors (Lipinski definition) is 2. The van der Waals surface area contributed by atoms with E-state index in [1.807, 2.05) is 0 Å². The van der Waals surface area contributed by atoms with E-state index in [1.54, 1.807) is 36.4 Å². The van der Waals surface area contributed by atoms with Crippen LogP contribution >= 0.6 is 0 Å². The van der Waals surface area contributed by atoms with Gasteiger partial charge in [0.05, 0.1) is 24.8 Å². The highest BCUT2D eigenvalue weighted by atomic mass is 19.1. The number of carbonyl (C=O) groups is 1. The van der Waals surface area contributed by atoms with Crippen LogP contribution in [0.2, 0.25) is 0 Å². The Kier molecular flexibility index (Phi) is 6.43. The summed E-state index contributed by atoms with van der Waals surface area (Å²) in [5.74, 6) is -0.281. The second-order valence-electron chi connectivity index (χ2n) is 8.23. The van der Waals surface area contributed by atoms with E-state index in [1.165, 1.54) is 12.1 Å². The molecule has 1 aliphatic heterocycles. The third-order valence-corrected chi connectivity index (χ3v) is 6.03. The first kappa shape index (κ1) is 22.9. The van der Waals surface area contributed by atoms with E-state index in [0.717, 1.165) is 12.8 Å². The quantitative estimate of drug-likeness (QED) is 0.368. The molecule has 182 valence electrons. The Balaban J connectivity index is 1.35. The zero-order valence-corrected chi connectivity index (χ0v) is 19.0. The molecule has 0 saturated carbocycles. The minimum Gasteiger partial charge on any atom is -0.488 e. The topological polar surface area (TPSA) is 127 Å². The number of benzene rings is 1. The lowest BCUT2D eigenvalue weighted by molar-refractivity contribution is 0.0672. The van der Waals surface area contributed by atoms with Crippen LogP contribution in [0.1, 0.15) is 23.3 Å². The number of hydrogen-bond acceptors (Lipinski definition) is 8. The number of carbonyl (C=O) groups excluding carboxylic acids is 1. The van der Waals surface area contributed by atoms with Crippen LogP contribution in [0.15, 0.2) is 41.1 Å². The molecule has 0 aliphatic carbocycles. The number of halogens is 1. The first-order valence-electron chi connectivity index (χ1n) is 11.2. The van der Waals surface area contributed by atoms with Gasteiger partial charge in [-0.05, 0) is 31.0 Å². The van der Waals surface area contributed by atoms with Gasteiger partial charge in [-0.25, -0.2) is 4.39 Å². The van der Waals surface area contributed by atoms with Crippen LogP contribution in [0.5, 0.6) is 5.75 Å². The number of nitrogens with one attached hydrogen (secondary N) is 1. The monoisotopic (exact) mass is 481 g/mol. The van der Waals surface area contributed by atoms with Gasteiger partial charge in [0.15, 0.2) is 17.3 Å². The number of aromatic nitrogens is 4. The van der Waals surface area contributed by atoms with Gasteiger partial charge in [-0.3, -0.25) is 14.9 Å². The van der Waals surface area contributed by atoms with Gasteiger partial charge in [0.2, 0.25) is 0 Å². The predicted octanol–water partition coefficient (Wildman–Crippen LogP) is 3.04. The number of rotatable bonds is 8. The fraction of sp³-hybridized carbons (Fsp3) is 0.333. The Morgan fingerprint density at radius 3 is 2.97 bits per heavy atom. The number of ether oxygens (including phenoxy) is 2. The number of likely N-dealkylation sites (tertiary alicyclic amines) is 1. The summed E-state index contributed by atoms with van der Waals surface area (Å²) < 4.78 is 30.3. The van der Waals surface area contributed by atoms with Crippen molar-refractivity contribution in [2.24, 2.45) is 0 Å². The van der Waals surface area contributed by atoms with E-state index in [9.17, 15) is 14.3 Å². The number of aliphatic hydroxyl groups excluding tert-OH is 1. The summed E-state index contributed by atoms with van der Waals surface area (Å²) in [6.45, 7) is 1.13. The normalized spacial score (nSPS) is 15.7. The van der Waals surface area contributed by atoms with Crippen LogP contribution in [-0.4, -0.2) is 75.8 Å². The van der Waals surface area contributed by atoms with Crippen LogP contribution in [0.3, 0.4) is 0 Å². The maximum Gasteiger partial charge on any atom is 0.272 e. The standard InChI is InChI=1S/C24H24FN5O5/c1-33-7-8-34-21-11-20-16(9-17(21)25)23(28-27-20)22-10-19(29-35-22)14-4-5-18(26-12-14)24(32)30-6-2-3-15(30)13-31/h4-5,9-12,15,31H,2-3,6-8,13H2,1H3,(H,27,28)/t15-/m1/s1. The predicted molar refractivity (Wildman–Crippen MR) is 123 cm³/mol. The van der Waals surface area contributed by atoms with Crippen LogP contribution in [0.25, 0.3) is 33.6 Å². The summed E-state index contributed by atoms with van der Waals surface area (Å²) in [5.41, 5.74) is 2.44. The summed E-state index contributed by atoms with van der Waals surface area (Å²) in [7, 11) is 1.54. The lowest BCUT2D eigenvalue weighted by Gasteiger charge is -2.22. The highest BCUT2D eigenvalue weighted by molar-refractivity contribution is 5.94. The Bertz CT molecular complexity index is 1340. The van der Waals surface area contributed by atoms with Gasteiger partial charge < -0.3 is 24.0 Å². The molecule has 0 radical (unpaired) electrons. The Labute approximate surface area is 199 Å². The number of pyridine rings is 1. The first-order valence-corrected chi connectivity index (χ1v) is 11.2.